The SMILES string of the molecule is Cc1cccc2c1O2. The third-order valence-corrected chi connectivity index (χ3v) is 1.35. The van der Waals surface area contributed by atoms with E-state index < -0.39 is 0 Å². The maximum absolute atomic E-state index is 5.07. The van der Waals surface area contributed by atoms with Gasteiger partial charge in [0.25, 0.3) is 0 Å². The van der Waals surface area contributed by atoms with Gasteiger partial charge in [0.15, 0.2) is 11.5 Å². The minimum absolute atomic E-state index is 1.05. The van der Waals surface area contributed by atoms with Crippen LogP contribution in [0.2, 0.25) is 0 Å². The average molecular weight is 106 g/mol. The van der Waals surface area contributed by atoms with Gasteiger partial charge in [0.1, 0.15) is 0 Å². The van der Waals surface area contributed by atoms with E-state index in [9.17, 15) is 0 Å². The number of hydrogen-bond acceptors (Lipinski definition) is 1. The zero-order chi connectivity index (χ0) is 5.56. The van der Waals surface area contributed by atoms with Crippen molar-refractivity contribution in [2.45, 2.75) is 6.92 Å². The molecule has 0 atom stereocenters. The van der Waals surface area contributed by atoms with Gasteiger partial charge in [-0.05, 0) is 18.6 Å². The van der Waals surface area contributed by atoms with Gasteiger partial charge in [0.05, 0.1) is 0 Å². The zero-order valence-corrected chi connectivity index (χ0v) is 4.64. The molecule has 0 bridgehead atoms. The summed E-state index contributed by atoms with van der Waals surface area (Å²) >= 11 is 0. The van der Waals surface area contributed by atoms with Crippen LogP contribution < -0.4 is 4.74 Å². The summed E-state index contributed by atoms with van der Waals surface area (Å²) in [4.78, 5) is 0. The van der Waals surface area contributed by atoms with Crippen LogP contribution in [-0.2, 0) is 0 Å². The van der Waals surface area contributed by atoms with Gasteiger partial charge in [-0.15, -0.1) is 0 Å². The van der Waals surface area contributed by atoms with Crippen LogP contribution in [0.15, 0.2) is 18.2 Å². The van der Waals surface area contributed by atoms with Crippen molar-refractivity contribution in [3.8, 4) is 11.5 Å². The molecule has 1 aliphatic heterocycles. The molecule has 0 saturated carbocycles. The lowest BCUT2D eigenvalue weighted by atomic mass is 10.2. The maximum atomic E-state index is 5.07. The second-order valence-corrected chi connectivity index (χ2v) is 2.00. The molecule has 2 rings (SSSR count). The molecule has 0 spiro atoms. The van der Waals surface area contributed by atoms with E-state index in [1.165, 1.54) is 5.56 Å². The molecule has 0 aromatic heterocycles. The highest BCUT2D eigenvalue weighted by molar-refractivity contribution is 5.58. The Morgan fingerprint density at radius 2 is 2.25 bits per heavy atom. The molecule has 0 fully saturated rings. The molecule has 1 aromatic carbocycles. The number of hydrogen-bond donors (Lipinski definition) is 0. The molecule has 1 aliphatic rings. The summed E-state index contributed by atoms with van der Waals surface area (Å²) in [5, 5.41) is 0. The highest BCUT2D eigenvalue weighted by Gasteiger charge is 2.20. The Labute approximate surface area is 47.9 Å². The monoisotopic (exact) mass is 106 g/mol. The molecule has 0 unspecified atom stereocenters. The lowest BCUT2D eigenvalue weighted by Gasteiger charge is -1.76. The number of rotatable bonds is 0. The van der Waals surface area contributed by atoms with Crippen LogP contribution in [0.4, 0.5) is 0 Å². The Bertz CT molecular complexity index is 228. The molecule has 1 heteroatoms. The Balaban J connectivity index is 2.70. The first-order chi connectivity index (χ1) is 3.88. The number of para-hydroxylation sites is 1. The van der Waals surface area contributed by atoms with Crippen LogP contribution in [0.25, 0.3) is 0 Å². The van der Waals surface area contributed by atoms with E-state index in [1.54, 1.807) is 0 Å². The van der Waals surface area contributed by atoms with Crippen molar-refractivity contribution in [3.05, 3.63) is 23.8 Å². The average Bonchev–Trinajstić information content (AvgIpc) is 2.45. The van der Waals surface area contributed by atoms with Gasteiger partial charge >= 0.3 is 0 Å². The number of aryl methyl sites for hydroxylation is 1. The summed E-state index contributed by atoms with van der Waals surface area (Å²) in [6.45, 7) is 2.05. The smallest absolute Gasteiger partial charge is 0.173 e. The lowest BCUT2D eigenvalue weighted by Crippen LogP contribution is -1.57. The molecule has 0 saturated heterocycles. The Morgan fingerprint density at radius 1 is 1.38 bits per heavy atom. The molecular formula is C7H6O. The Kier molecular flexibility index (Phi) is 0.519. The van der Waals surface area contributed by atoms with E-state index in [-0.39, 0.29) is 0 Å². The summed E-state index contributed by atoms with van der Waals surface area (Å²) in [5.74, 6) is 2.12. The van der Waals surface area contributed by atoms with E-state index in [2.05, 4.69) is 0 Å². The first kappa shape index (κ1) is 3.96. The summed E-state index contributed by atoms with van der Waals surface area (Å²) in [6, 6.07) is 6.02. The van der Waals surface area contributed by atoms with Gasteiger partial charge in [-0.3, -0.25) is 0 Å². The van der Waals surface area contributed by atoms with Crippen molar-refractivity contribution in [1.82, 2.24) is 0 Å². The van der Waals surface area contributed by atoms with Crippen LogP contribution in [0.1, 0.15) is 5.56 Å². The van der Waals surface area contributed by atoms with Crippen LogP contribution in [0.5, 0.6) is 11.5 Å². The first-order valence-corrected chi connectivity index (χ1v) is 2.65. The molecule has 0 N–H and O–H groups in total. The van der Waals surface area contributed by atoms with Gasteiger partial charge in [-0.1, -0.05) is 12.1 Å². The van der Waals surface area contributed by atoms with E-state index in [0.717, 1.165) is 11.5 Å². The van der Waals surface area contributed by atoms with Gasteiger partial charge in [-0.25, -0.2) is 0 Å². The van der Waals surface area contributed by atoms with Crippen molar-refractivity contribution in [1.29, 1.82) is 0 Å². The predicted octanol–water partition coefficient (Wildman–Crippen LogP) is 2.10. The fraction of sp³-hybridized carbons (Fsp3) is 0.143. The number of ether oxygens (including phenoxy) is 1. The fourth-order valence-electron chi connectivity index (χ4n) is 0.825. The molecule has 1 heterocycles. The Morgan fingerprint density at radius 3 is 2.88 bits per heavy atom. The molecule has 0 aliphatic carbocycles. The highest BCUT2D eigenvalue weighted by atomic mass is 16.6. The van der Waals surface area contributed by atoms with Gasteiger partial charge in [0, 0.05) is 0 Å². The zero-order valence-electron chi connectivity index (χ0n) is 4.64. The lowest BCUT2D eigenvalue weighted by molar-refractivity contribution is 0.646. The van der Waals surface area contributed by atoms with Crippen molar-refractivity contribution in [2.24, 2.45) is 0 Å². The Hall–Kier alpha value is -0.980. The normalized spacial score (nSPS) is 12.1. The molecule has 1 aromatic rings. The molecule has 1 nitrogen and oxygen atoms in total. The molecule has 0 amide bonds. The molecule has 0 radical (unpaired) electrons. The third kappa shape index (κ3) is 0.360. The minimum Gasteiger partial charge on any atom is -0.449 e. The van der Waals surface area contributed by atoms with Gasteiger partial charge in [-0.2, -0.15) is 0 Å². The van der Waals surface area contributed by atoms with Crippen molar-refractivity contribution in [2.75, 3.05) is 0 Å². The quantitative estimate of drug-likeness (QED) is 0.468. The van der Waals surface area contributed by atoms with Crippen molar-refractivity contribution < 1.29 is 4.74 Å². The summed E-state index contributed by atoms with van der Waals surface area (Å²) in [6.07, 6.45) is 0. The summed E-state index contributed by atoms with van der Waals surface area (Å²) in [7, 11) is 0. The first-order valence-electron chi connectivity index (χ1n) is 2.65. The van der Waals surface area contributed by atoms with Crippen LogP contribution in [0.3, 0.4) is 0 Å². The highest BCUT2D eigenvalue weighted by Crippen LogP contribution is 2.47. The van der Waals surface area contributed by atoms with E-state index >= 15 is 0 Å². The largest absolute Gasteiger partial charge is 0.449 e. The fourth-order valence-corrected chi connectivity index (χ4v) is 0.825. The van der Waals surface area contributed by atoms with Crippen LogP contribution >= 0.6 is 0 Å². The molecular weight excluding hydrogens is 100 g/mol. The second-order valence-electron chi connectivity index (χ2n) is 2.00. The van der Waals surface area contributed by atoms with Gasteiger partial charge < -0.3 is 4.74 Å². The van der Waals surface area contributed by atoms with Gasteiger partial charge in [0.2, 0.25) is 0 Å². The van der Waals surface area contributed by atoms with E-state index in [4.69, 9.17) is 4.74 Å². The van der Waals surface area contributed by atoms with Crippen LogP contribution in [0, 0.1) is 6.92 Å². The topological polar surface area (TPSA) is 12.5 Å². The maximum Gasteiger partial charge on any atom is 0.173 e. The van der Waals surface area contributed by atoms with Crippen molar-refractivity contribution in [3.63, 3.8) is 0 Å². The number of benzene rings is 1. The third-order valence-electron chi connectivity index (χ3n) is 1.35. The summed E-state index contributed by atoms with van der Waals surface area (Å²) in [5.41, 5.74) is 1.24. The van der Waals surface area contributed by atoms with Crippen LogP contribution in [-0.4, -0.2) is 0 Å². The predicted molar refractivity (Wildman–Crippen MR) is 31.3 cm³/mol. The standard InChI is InChI=1S/C7H6O/c1-5-3-2-4-6-7(5)8-6/h2-4H,1H3. The number of fused-ring (bicyclic) bond motifs is 1. The second kappa shape index (κ2) is 1.05. The van der Waals surface area contributed by atoms with E-state index in [1.807, 2.05) is 25.1 Å². The van der Waals surface area contributed by atoms with Crippen molar-refractivity contribution >= 4 is 0 Å². The molecule has 40 valence electrons. The summed E-state index contributed by atoms with van der Waals surface area (Å²) < 4.78 is 5.07. The molecule has 8 heavy (non-hydrogen) atoms. The minimum atomic E-state index is 1.05. The van der Waals surface area contributed by atoms with E-state index in [0.29, 0.717) is 0 Å².